The Hall–Kier alpha value is -1.86. The summed E-state index contributed by atoms with van der Waals surface area (Å²) in [5.74, 6) is 0. The molecule has 1 N–H and O–H groups in total. The number of aliphatic hydroxyl groups is 1. The molecule has 1 aliphatic rings. The first-order valence-corrected chi connectivity index (χ1v) is 7.20. The molecule has 1 heteroatoms. The van der Waals surface area contributed by atoms with Crippen LogP contribution in [0.3, 0.4) is 0 Å². The van der Waals surface area contributed by atoms with Crippen molar-refractivity contribution < 1.29 is 5.11 Å². The zero-order chi connectivity index (χ0) is 14.1. The van der Waals surface area contributed by atoms with Gasteiger partial charge in [-0.2, -0.15) is 0 Å². The highest BCUT2D eigenvalue weighted by Crippen LogP contribution is 2.37. The minimum Gasteiger partial charge on any atom is -0.389 e. The molecule has 0 heterocycles. The second-order valence-corrected chi connectivity index (χ2v) is 5.69. The Kier molecular flexibility index (Phi) is 3.45. The van der Waals surface area contributed by atoms with Crippen molar-refractivity contribution in [2.45, 2.75) is 32.8 Å². The number of hydrogen-bond donors (Lipinski definition) is 1. The van der Waals surface area contributed by atoms with E-state index in [-0.39, 0.29) is 6.10 Å². The summed E-state index contributed by atoms with van der Waals surface area (Å²) in [5, 5.41) is 10.1. The predicted octanol–water partition coefficient (Wildman–Crippen LogP) is 4.26. The van der Waals surface area contributed by atoms with Crippen molar-refractivity contribution >= 4 is 5.57 Å². The fourth-order valence-electron chi connectivity index (χ4n) is 2.69. The number of rotatable bonds is 2. The molecule has 0 saturated heterocycles. The van der Waals surface area contributed by atoms with E-state index < -0.39 is 0 Å². The molecule has 0 aliphatic heterocycles. The zero-order valence-corrected chi connectivity index (χ0v) is 12.1. The van der Waals surface area contributed by atoms with E-state index in [2.05, 4.69) is 62.4 Å². The van der Waals surface area contributed by atoms with E-state index in [0.717, 1.165) is 12.8 Å². The first-order chi connectivity index (χ1) is 9.65. The van der Waals surface area contributed by atoms with Crippen LogP contribution in [0.5, 0.6) is 0 Å². The van der Waals surface area contributed by atoms with Crippen LogP contribution in [0.2, 0.25) is 0 Å². The molecule has 0 amide bonds. The fraction of sp³-hybridized carbons (Fsp3) is 0.263. The van der Waals surface area contributed by atoms with Crippen molar-refractivity contribution in [1.82, 2.24) is 0 Å². The Labute approximate surface area is 120 Å². The van der Waals surface area contributed by atoms with Crippen molar-refractivity contribution in [3.63, 3.8) is 0 Å². The SMILES string of the molecule is Cc1ccc(C(=C2CCC2O)c2ccc(C)cc2)cc1. The molecule has 1 unspecified atom stereocenters. The maximum absolute atomic E-state index is 10.1. The molecule has 1 nitrogen and oxygen atoms in total. The molecule has 2 aromatic carbocycles. The van der Waals surface area contributed by atoms with Gasteiger partial charge in [0.05, 0.1) is 6.10 Å². The van der Waals surface area contributed by atoms with Gasteiger partial charge < -0.3 is 5.11 Å². The molecule has 3 rings (SSSR count). The van der Waals surface area contributed by atoms with E-state index in [4.69, 9.17) is 0 Å². The van der Waals surface area contributed by atoms with Crippen LogP contribution in [0.4, 0.5) is 0 Å². The van der Waals surface area contributed by atoms with Gasteiger partial charge in [-0.1, -0.05) is 59.7 Å². The van der Waals surface area contributed by atoms with Crippen LogP contribution in [0.1, 0.15) is 35.1 Å². The zero-order valence-electron chi connectivity index (χ0n) is 12.1. The molecule has 2 aromatic rings. The van der Waals surface area contributed by atoms with E-state index in [1.807, 2.05) is 0 Å². The second-order valence-electron chi connectivity index (χ2n) is 5.69. The number of aryl methyl sites for hydroxylation is 2. The summed E-state index contributed by atoms with van der Waals surface area (Å²) in [4.78, 5) is 0. The van der Waals surface area contributed by atoms with Gasteiger partial charge in [-0.3, -0.25) is 0 Å². The lowest BCUT2D eigenvalue weighted by Crippen LogP contribution is -2.23. The summed E-state index contributed by atoms with van der Waals surface area (Å²) in [7, 11) is 0. The first kappa shape index (κ1) is 13.1. The Morgan fingerprint density at radius 3 is 1.60 bits per heavy atom. The molecule has 20 heavy (non-hydrogen) atoms. The van der Waals surface area contributed by atoms with Gasteiger partial charge in [0.25, 0.3) is 0 Å². The number of benzene rings is 2. The smallest absolute Gasteiger partial charge is 0.0762 e. The van der Waals surface area contributed by atoms with Crippen LogP contribution in [0.15, 0.2) is 54.1 Å². The fourth-order valence-corrected chi connectivity index (χ4v) is 2.69. The second kappa shape index (κ2) is 5.26. The molecule has 0 radical (unpaired) electrons. The lowest BCUT2D eigenvalue weighted by molar-refractivity contribution is 0.157. The van der Waals surface area contributed by atoms with Crippen LogP contribution in [-0.2, 0) is 0 Å². The normalized spacial score (nSPS) is 17.8. The van der Waals surface area contributed by atoms with Gasteiger partial charge in [0.15, 0.2) is 0 Å². The lowest BCUT2D eigenvalue weighted by atomic mass is 9.80. The van der Waals surface area contributed by atoms with Gasteiger partial charge in [0.1, 0.15) is 0 Å². The topological polar surface area (TPSA) is 20.2 Å². The standard InChI is InChI=1S/C19H20O/c1-13-3-7-15(8-4-13)19(17-11-12-18(17)20)16-9-5-14(2)6-10-16/h3-10,18,20H,11-12H2,1-2H3. The summed E-state index contributed by atoms with van der Waals surface area (Å²) in [6, 6.07) is 17.2. The highest BCUT2D eigenvalue weighted by Gasteiger charge is 2.26. The molecule has 102 valence electrons. The molecule has 1 saturated carbocycles. The summed E-state index contributed by atoms with van der Waals surface area (Å²) in [5.41, 5.74) is 7.31. The first-order valence-electron chi connectivity index (χ1n) is 7.20. The number of hydrogen-bond acceptors (Lipinski definition) is 1. The largest absolute Gasteiger partial charge is 0.389 e. The molecule has 0 aromatic heterocycles. The summed E-state index contributed by atoms with van der Waals surface area (Å²) in [6.07, 6.45) is 1.61. The highest BCUT2D eigenvalue weighted by atomic mass is 16.3. The third-order valence-electron chi connectivity index (χ3n) is 4.09. The van der Waals surface area contributed by atoms with Crippen LogP contribution in [-0.4, -0.2) is 11.2 Å². The third kappa shape index (κ3) is 2.41. The van der Waals surface area contributed by atoms with Gasteiger partial charge in [-0.15, -0.1) is 0 Å². The summed E-state index contributed by atoms with van der Waals surface area (Å²) in [6.45, 7) is 4.20. The van der Waals surface area contributed by atoms with Crippen molar-refractivity contribution in [2.24, 2.45) is 0 Å². The van der Waals surface area contributed by atoms with E-state index in [1.165, 1.54) is 33.4 Å². The lowest BCUT2D eigenvalue weighted by Gasteiger charge is -2.29. The van der Waals surface area contributed by atoms with Crippen molar-refractivity contribution in [3.8, 4) is 0 Å². The van der Waals surface area contributed by atoms with Gasteiger partial charge in [0.2, 0.25) is 0 Å². The predicted molar refractivity (Wildman–Crippen MR) is 83.6 cm³/mol. The minimum atomic E-state index is -0.271. The number of aliphatic hydroxyl groups excluding tert-OH is 1. The molecule has 1 fully saturated rings. The molecular weight excluding hydrogens is 244 g/mol. The van der Waals surface area contributed by atoms with Crippen molar-refractivity contribution in [2.75, 3.05) is 0 Å². The maximum Gasteiger partial charge on any atom is 0.0762 e. The van der Waals surface area contributed by atoms with Crippen LogP contribution >= 0.6 is 0 Å². The van der Waals surface area contributed by atoms with Gasteiger partial charge in [0, 0.05) is 0 Å². The van der Waals surface area contributed by atoms with Gasteiger partial charge in [-0.25, -0.2) is 0 Å². The maximum atomic E-state index is 10.1. The summed E-state index contributed by atoms with van der Waals surface area (Å²) >= 11 is 0. The average Bonchev–Trinajstić information content (AvgIpc) is 2.45. The van der Waals surface area contributed by atoms with Gasteiger partial charge in [-0.05, 0) is 49.0 Å². The Bertz CT molecular complexity index is 585. The highest BCUT2D eigenvalue weighted by molar-refractivity contribution is 5.83. The summed E-state index contributed by atoms with van der Waals surface area (Å²) < 4.78 is 0. The van der Waals surface area contributed by atoms with Crippen molar-refractivity contribution in [3.05, 3.63) is 76.4 Å². The molecular formula is C19H20O. The van der Waals surface area contributed by atoms with E-state index in [9.17, 15) is 5.11 Å². The molecule has 0 spiro atoms. The van der Waals surface area contributed by atoms with Crippen LogP contribution in [0, 0.1) is 13.8 Å². The Balaban J connectivity index is 2.12. The van der Waals surface area contributed by atoms with Crippen molar-refractivity contribution in [1.29, 1.82) is 0 Å². The Morgan fingerprint density at radius 1 is 0.850 bits per heavy atom. The van der Waals surface area contributed by atoms with Crippen LogP contribution in [0.25, 0.3) is 5.57 Å². The monoisotopic (exact) mass is 264 g/mol. The molecule has 0 bridgehead atoms. The van der Waals surface area contributed by atoms with Gasteiger partial charge >= 0.3 is 0 Å². The molecule has 1 aliphatic carbocycles. The van der Waals surface area contributed by atoms with E-state index >= 15 is 0 Å². The third-order valence-corrected chi connectivity index (χ3v) is 4.09. The minimum absolute atomic E-state index is 0.271. The average molecular weight is 264 g/mol. The van der Waals surface area contributed by atoms with Crippen LogP contribution < -0.4 is 0 Å². The van der Waals surface area contributed by atoms with E-state index in [0.29, 0.717) is 0 Å². The van der Waals surface area contributed by atoms with E-state index in [1.54, 1.807) is 0 Å². The molecule has 1 atom stereocenters. The Morgan fingerprint density at radius 2 is 1.30 bits per heavy atom. The quantitative estimate of drug-likeness (QED) is 0.859.